The van der Waals surface area contributed by atoms with Crippen LogP contribution in [0.5, 0.6) is 0 Å². The Morgan fingerprint density at radius 3 is 2.56 bits per heavy atom. The second kappa shape index (κ2) is 6.58. The van der Waals surface area contributed by atoms with Crippen molar-refractivity contribution in [3.05, 3.63) is 0 Å². The third kappa shape index (κ3) is 3.19. The Kier molecular flexibility index (Phi) is 5.07. The van der Waals surface area contributed by atoms with Gasteiger partial charge < -0.3 is 10.6 Å². The van der Waals surface area contributed by atoms with E-state index in [2.05, 4.69) is 22.5 Å². The number of nitrogens with zero attached hydrogens (tertiary/aromatic N) is 1. The fraction of sp³-hybridized carbons (Fsp3) is 1.00. The van der Waals surface area contributed by atoms with Crippen LogP contribution >= 0.6 is 0 Å². The molecule has 3 heteroatoms. The molecule has 2 unspecified atom stereocenters. The van der Waals surface area contributed by atoms with Crippen LogP contribution in [0.25, 0.3) is 0 Å². The highest BCUT2D eigenvalue weighted by Crippen LogP contribution is 2.24. The zero-order chi connectivity index (χ0) is 11.2. The van der Waals surface area contributed by atoms with Crippen LogP contribution in [-0.2, 0) is 0 Å². The van der Waals surface area contributed by atoms with E-state index in [0.717, 1.165) is 12.0 Å². The normalized spacial score (nSPS) is 30.9. The molecule has 0 aromatic heterocycles. The van der Waals surface area contributed by atoms with E-state index in [1.54, 1.807) is 0 Å². The van der Waals surface area contributed by atoms with E-state index in [0.29, 0.717) is 0 Å². The molecule has 0 aliphatic carbocycles. The van der Waals surface area contributed by atoms with Crippen molar-refractivity contribution < 1.29 is 0 Å². The van der Waals surface area contributed by atoms with E-state index in [4.69, 9.17) is 0 Å². The summed E-state index contributed by atoms with van der Waals surface area (Å²) in [5.41, 5.74) is 0. The van der Waals surface area contributed by atoms with Gasteiger partial charge in [-0.25, -0.2) is 0 Å². The molecule has 2 atom stereocenters. The van der Waals surface area contributed by atoms with Gasteiger partial charge in [-0.05, 0) is 44.7 Å². The van der Waals surface area contributed by atoms with Crippen molar-refractivity contribution in [2.45, 2.75) is 38.6 Å². The molecule has 3 nitrogen and oxygen atoms in total. The molecular formula is C13H27N3. The quantitative estimate of drug-likeness (QED) is 0.752. The van der Waals surface area contributed by atoms with Gasteiger partial charge >= 0.3 is 0 Å². The van der Waals surface area contributed by atoms with Crippen molar-refractivity contribution in [1.82, 2.24) is 15.5 Å². The first kappa shape index (κ1) is 12.3. The van der Waals surface area contributed by atoms with Gasteiger partial charge in [-0.2, -0.15) is 0 Å². The molecule has 16 heavy (non-hydrogen) atoms. The van der Waals surface area contributed by atoms with E-state index in [1.165, 1.54) is 65.0 Å². The summed E-state index contributed by atoms with van der Waals surface area (Å²) in [7, 11) is 0. The summed E-state index contributed by atoms with van der Waals surface area (Å²) in [5.74, 6) is 0.929. The molecule has 0 aromatic rings. The van der Waals surface area contributed by atoms with Crippen LogP contribution < -0.4 is 10.6 Å². The molecule has 2 aliphatic rings. The van der Waals surface area contributed by atoms with Gasteiger partial charge in [0.05, 0.1) is 0 Å². The molecule has 2 heterocycles. The van der Waals surface area contributed by atoms with Crippen LogP contribution in [0.1, 0.15) is 32.6 Å². The van der Waals surface area contributed by atoms with Gasteiger partial charge in [0, 0.05) is 32.2 Å². The first-order valence-electron chi connectivity index (χ1n) is 7.07. The number of piperazine rings is 1. The van der Waals surface area contributed by atoms with E-state index in [1.807, 2.05) is 0 Å². The molecule has 0 bridgehead atoms. The summed E-state index contributed by atoms with van der Waals surface area (Å²) in [6.45, 7) is 9.70. The van der Waals surface area contributed by atoms with Crippen molar-refractivity contribution in [2.75, 3.05) is 39.3 Å². The van der Waals surface area contributed by atoms with Crippen molar-refractivity contribution in [2.24, 2.45) is 5.92 Å². The number of hydrogen-bond donors (Lipinski definition) is 2. The maximum atomic E-state index is 3.53. The maximum Gasteiger partial charge on any atom is 0.0122 e. The second-order valence-corrected chi connectivity index (χ2v) is 5.20. The molecule has 0 amide bonds. The van der Waals surface area contributed by atoms with Crippen molar-refractivity contribution >= 4 is 0 Å². The Morgan fingerprint density at radius 2 is 1.81 bits per heavy atom. The SMILES string of the molecule is CCC(C1CCCNCC1)N1CCNCC1. The lowest BCUT2D eigenvalue weighted by atomic mass is 9.89. The summed E-state index contributed by atoms with van der Waals surface area (Å²) < 4.78 is 0. The first-order chi connectivity index (χ1) is 7.92. The third-order valence-corrected chi connectivity index (χ3v) is 4.20. The smallest absolute Gasteiger partial charge is 0.0122 e. The molecule has 2 rings (SSSR count). The van der Waals surface area contributed by atoms with Gasteiger partial charge in [0.25, 0.3) is 0 Å². The highest BCUT2D eigenvalue weighted by atomic mass is 15.2. The standard InChI is InChI=1S/C13H27N3/c1-2-13(16-10-8-15-9-11-16)12-4-3-6-14-7-5-12/h12-15H,2-11H2,1H3. The van der Waals surface area contributed by atoms with Crippen LogP contribution in [0.2, 0.25) is 0 Å². The Hall–Kier alpha value is -0.120. The van der Waals surface area contributed by atoms with Crippen LogP contribution in [0, 0.1) is 5.92 Å². The number of rotatable bonds is 3. The molecule has 2 fully saturated rings. The topological polar surface area (TPSA) is 27.3 Å². The zero-order valence-corrected chi connectivity index (χ0v) is 10.7. The van der Waals surface area contributed by atoms with Gasteiger partial charge in [0.1, 0.15) is 0 Å². The minimum atomic E-state index is 0.835. The molecule has 0 aromatic carbocycles. The largest absolute Gasteiger partial charge is 0.317 e. The van der Waals surface area contributed by atoms with Gasteiger partial charge in [0.15, 0.2) is 0 Å². The van der Waals surface area contributed by atoms with Gasteiger partial charge in [-0.1, -0.05) is 6.92 Å². The van der Waals surface area contributed by atoms with Gasteiger partial charge in [0.2, 0.25) is 0 Å². The van der Waals surface area contributed by atoms with Crippen LogP contribution in [0.15, 0.2) is 0 Å². The molecule has 0 radical (unpaired) electrons. The van der Waals surface area contributed by atoms with E-state index < -0.39 is 0 Å². The number of nitrogens with one attached hydrogen (secondary N) is 2. The summed E-state index contributed by atoms with van der Waals surface area (Å²) >= 11 is 0. The minimum absolute atomic E-state index is 0.835. The molecular weight excluding hydrogens is 198 g/mol. The number of hydrogen-bond acceptors (Lipinski definition) is 3. The lowest BCUT2D eigenvalue weighted by Gasteiger charge is -2.39. The molecule has 2 aliphatic heterocycles. The molecule has 2 N–H and O–H groups in total. The molecule has 0 spiro atoms. The predicted octanol–water partition coefficient (Wildman–Crippen LogP) is 1.06. The highest BCUT2D eigenvalue weighted by Gasteiger charge is 2.27. The second-order valence-electron chi connectivity index (χ2n) is 5.20. The van der Waals surface area contributed by atoms with Crippen LogP contribution in [0.3, 0.4) is 0 Å². The molecule has 94 valence electrons. The third-order valence-electron chi connectivity index (χ3n) is 4.20. The summed E-state index contributed by atoms with van der Waals surface area (Å²) in [5, 5.41) is 6.98. The Labute approximate surface area is 100.0 Å². The Morgan fingerprint density at radius 1 is 1.06 bits per heavy atom. The van der Waals surface area contributed by atoms with Gasteiger partial charge in [-0.15, -0.1) is 0 Å². The minimum Gasteiger partial charge on any atom is -0.317 e. The van der Waals surface area contributed by atoms with Crippen molar-refractivity contribution in [3.63, 3.8) is 0 Å². The predicted molar refractivity (Wildman–Crippen MR) is 68.7 cm³/mol. The van der Waals surface area contributed by atoms with E-state index in [9.17, 15) is 0 Å². The summed E-state index contributed by atoms with van der Waals surface area (Å²) in [6.07, 6.45) is 5.50. The fourth-order valence-electron chi connectivity index (χ4n) is 3.33. The summed E-state index contributed by atoms with van der Waals surface area (Å²) in [6, 6.07) is 0.835. The Balaban J connectivity index is 1.90. The Bertz CT molecular complexity index is 182. The fourth-order valence-corrected chi connectivity index (χ4v) is 3.33. The highest BCUT2D eigenvalue weighted by molar-refractivity contribution is 4.83. The van der Waals surface area contributed by atoms with Gasteiger partial charge in [-0.3, -0.25) is 4.90 Å². The molecule has 0 saturated carbocycles. The maximum absolute atomic E-state index is 3.53. The monoisotopic (exact) mass is 225 g/mol. The average molecular weight is 225 g/mol. The lowest BCUT2D eigenvalue weighted by Crippen LogP contribution is -2.50. The average Bonchev–Trinajstić information content (AvgIpc) is 2.61. The first-order valence-corrected chi connectivity index (χ1v) is 7.07. The van der Waals surface area contributed by atoms with Crippen molar-refractivity contribution in [1.29, 1.82) is 0 Å². The summed E-state index contributed by atoms with van der Waals surface area (Å²) in [4.78, 5) is 2.73. The van der Waals surface area contributed by atoms with Crippen LogP contribution in [-0.4, -0.2) is 50.2 Å². The van der Waals surface area contributed by atoms with E-state index >= 15 is 0 Å². The zero-order valence-electron chi connectivity index (χ0n) is 10.7. The molecule has 2 saturated heterocycles. The van der Waals surface area contributed by atoms with Crippen molar-refractivity contribution in [3.8, 4) is 0 Å². The van der Waals surface area contributed by atoms with Crippen LogP contribution in [0.4, 0.5) is 0 Å². The van der Waals surface area contributed by atoms with E-state index in [-0.39, 0.29) is 0 Å². The lowest BCUT2D eigenvalue weighted by molar-refractivity contribution is 0.113.